The Morgan fingerprint density at radius 2 is 1.87 bits per heavy atom. The van der Waals surface area contributed by atoms with Crippen molar-refractivity contribution in [3.8, 4) is 11.3 Å². The van der Waals surface area contributed by atoms with Gasteiger partial charge in [0.05, 0.1) is 5.69 Å². The number of hydrogen-bond donors (Lipinski definition) is 0. The van der Waals surface area contributed by atoms with Crippen LogP contribution in [0.15, 0.2) is 30.3 Å². The number of aryl methyl sites for hydroxylation is 2. The molecule has 2 nitrogen and oxygen atoms in total. The molecule has 0 saturated carbocycles. The van der Waals surface area contributed by atoms with Crippen LogP contribution >= 0.6 is 11.6 Å². The summed E-state index contributed by atoms with van der Waals surface area (Å²) in [6, 6.07) is 10.1. The maximum Gasteiger partial charge on any atom is 0.223 e. The van der Waals surface area contributed by atoms with E-state index in [1.807, 2.05) is 25.1 Å². The largest absolute Gasteiger partial charge is 0.223 e. The Balaban J connectivity index is 2.54. The van der Waals surface area contributed by atoms with Crippen LogP contribution in [0.3, 0.4) is 0 Å². The molecule has 0 spiro atoms. The number of aromatic nitrogens is 2. The molecule has 0 atom stereocenters. The molecule has 0 aliphatic heterocycles. The van der Waals surface area contributed by atoms with Crippen LogP contribution in [0.4, 0.5) is 0 Å². The van der Waals surface area contributed by atoms with Crippen LogP contribution in [0.25, 0.3) is 11.3 Å². The maximum atomic E-state index is 5.82. The van der Waals surface area contributed by atoms with Crippen LogP contribution in [0.5, 0.6) is 0 Å². The van der Waals surface area contributed by atoms with Gasteiger partial charge < -0.3 is 0 Å². The Kier molecular flexibility index (Phi) is 2.69. The van der Waals surface area contributed by atoms with Gasteiger partial charge in [0.25, 0.3) is 0 Å². The summed E-state index contributed by atoms with van der Waals surface area (Å²) < 4.78 is 0. The molecule has 1 heterocycles. The van der Waals surface area contributed by atoms with E-state index >= 15 is 0 Å². The second-order valence-electron chi connectivity index (χ2n) is 3.53. The minimum absolute atomic E-state index is 0.298. The molecule has 0 fully saturated rings. The monoisotopic (exact) mass is 218 g/mol. The molecule has 0 aliphatic carbocycles. The third-order valence-corrected chi connectivity index (χ3v) is 2.31. The summed E-state index contributed by atoms with van der Waals surface area (Å²) in [5.41, 5.74) is 4.03. The first-order chi connectivity index (χ1) is 7.15. The van der Waals surface area contributed by atoms with Gasteiger partial charge in [-0.05, 0) is 37.6 Å². The van der Waals surface area contributed by atoms with E-state index in [-0.39, 0.29) is 0 Å². The first-order valence-corrected chi connectivity index (χ1v) is 5.11. The molecule has 0 unspecified atom stereocenters. The summed E-state index contributed by atoms with van der Waals surface area (Å²) >= 11 is 5.82. The molecule has 15 heavy (non-hydrogen) atoms. The number of benzene rings is 1. The number of rotatable bonds is 1. The lowest BCUT2D eigenvalue weighted by atomic mass is 10.1. The fourth-order valence-electron chi connectivity index (χ4n) is 1.48. The number of hydrogen-bond acceptors (Lipinski definition) is 2. The summed E-state index contributed by atoms with van der Waals surface area (Å²) in [7, 11) is 0. The molecule has 1 aromatic heterocycles. The van der Waals surface area contributed by atoms with E-state index in [1.54, 1.807) is 0 Å². The van der Waals surface area contributed by atoms with Gasteiger partial charge in [0, 0.05) is 11.3 Å². The highest BCUT2D eigenvalue weighted by atomic mass is 35.5. The molecule has 0 aliphatic rings. The van der Waals surface area contributed by atoms with Crippen molar-refractivity contribution < 1.29 is 0 Å². The van der Waals surface area contributed by atoms with Gasteiger partial charge in [-0.2, -0.15) is 0 Å². The van der Waals surface area contributed by atoms with Gasteiger partial charge in [-0.25, -0.2) is 9.97 Å². The molecule has 3 heteroatoms. The zero-order valence-corrected chi connectivity index (χ0v) is 9.42. The Hall–Kier alpha value is -1.41. The third kappa shape index (κ3) is 2.34. The molecular weight excluding hydrogens is 208 g/mol. The molecule has 76 valence electrons. The molecule has 0 bridgehead atoms. The SMILES string of the molecule is Cc1cccc(-c2cc(C)nc(Cl)n2)c1. The summed E-state index contributed by atoms with van der Waals surface area (Å²) in [5, 5.41) is 0.298. The average molecular weight is 219 g/mol. The predicted octanol–water partition coefficient (Wildman–Crippen LogP) is 3.41. The van der Waals surface area contributed by atoms with E-state index in [2.05, 4.69) is 29.0 Å². The van der Waals surface area contributed by atoms with Crippen LogP contribution in [-0.2, 0) is 0 Å². The summed E-state index contributed by atoms with van der Waals surface area (Å²) in [4.78, 5) is 8.24. The van der Waals surface area contributed by atoms with Crippen molar-refractivity contribution in [1.82, 2.24) is 9.97 Å². The van der Waals surface area contributed by atoms with Crippen molar-refractivity contribution in [2.45, 2.75) is 13.8 Å². The van der Waals surface area contributed by atoms with Crippen molar-refractivity contribution in [3.63, 3.8) is 0 Å². The van der Waals surface area contributed by atoms with E-state index in [9.17, 15) is 0 Å². The lowest BCUT2D eigenvalue weighted by Crippen LogP contribution is -1.90. The highest BCUT2D eigenvalue weighted by Crippen LogP contribution is 2.19. The van der Waals surface area contributed by atoms with E-state index < -0.39 is 0 Å². The molecule has 0 N–H and O–H groups in total. The van der Waals surface area contributed by atoms with Gasteiger partial charge in [0.1, 0.15) is 0 Å². The summed E-state index contributed by atoms with van der Waals surface area (Å²) in [5.74, 6) is 0. The van der Waals surface area contributed by atoms with E-state index in [4.69, 9.17) is 11.6 Å². The second-order valence-corrected chi connectivity index (χ2v) is 3.87. The van der Waals surface area contributed by atoms with Gasteiger partial charge >= 0.3 is 0 Å². The normalized spacial score (nSPS) is 10.3. The van der Waals surface area contributed by atoms with E-state index in [1.165, 1.54) is 5.56 Å². The molecule has 0 amide bonds. The van der Waals surface area contributed by atoms with Crippen molar-refractivity contribution >= 4 is 11.6 Å². The quantitative estimate of drug-likeness (QED) is 0.686. The predicted molar refractivity (Wildman–Crippen MR) is 62.0 cm³/mol. The maximum absolute atomic E-state index is 5.82. The standard InChI is InChI=1S/C12H11ClN2/c1-8-4-3-5-10(6-8)11-7-9(2)14-12(13)15-11/h3-7H,1-2H3. The minimum atomic E-state index is 0.298. The van der Waals surface area contributed by atoms with Gasteiger partial charge in [-0.1, -0.05) is 23.8 Å². The van der Waals surface area contributed by atoms with Crippen molar-refractivity contribution in [3.05, 3.63) is 46.9 Å². The topological polar surface area (TPSA) is 25.8 Å². The zero-order chi connectivity index (χ0) is 10.8. The zero-order valence-electron chi connectivity index (χ0n) is 8.66. The lowest BCUT2D eigenvalue weighted by Gasteiger charge is -2.03. The number of nitrogens with zero attached hydrogens (tertiary/aromatic N) is 2. The lowest BCUT2D eigenvalue weighted by molar-refractivity contribution is 1.11. The van der Waals surface area contributed by atoms with Gasteiger partial charge in [-0.3, -0.25) is 0 Å². The fraction of sp³-hybridized carbons (Fsp3) is 0.167. The molecular formula is C12H11ClN2. The average Bonchev–Trinajstić information content (AvgIpc) is 2.16. The van der Waals surface area contributed by atoms with Gasteiger partial charge in [0.2, 0.25) is 5.28 Å². The second kappa shape index (κ2) is 3.99. The molecule has 2 aromatic rings. The molecule has 0 saturated heterocycles. The fourth-order valence-corrected chi connectivity index (χ4v) is 1.71. The number of halogens is 1. The minimum Gasteiger partial charge on any atom is -0.223 e. The first kappa shape index (κ1) is 10.1. The van der Waals surface area contributed by atoms with Crippen molar-refractivity contribution in [2.75, 3.05) is 0 Å². The smallest absolute Gasteiger partial charge is 0.223 e. The van der Waals surface area contributed by atoms with Crippen LogP contribution < -0.4 is 0 Å². The van der Waals surface area contributed by atoms with Crippen LogP contribution in [0.2, 0.25) is 5.28 Å². The van der Waals surface area contributed by atoms with Gasteiger partial charge in [-0.15, -0.1) is 0 Å². The molecule has 2 rings (SSSR count). The summed E-state index contributed by atoms with van der Waals surface area (Å²) in [6.45, 7) is 3.96. The Morgan fingerprint density at radius 3 is 2.53 bits per heavy atom. The van der Waals surface area contributed by atoms with Crippen LogP contribution in [-0.4, -0.2) is 9.97 Å². The highest BCUT2D eigenvalue weighted by Gasteiger charge is 2.02. The summed E-state index contributed by atoms with van der Waals surface area (Å²) in [6.07, 6.45) is 0. The highest BCUT2D eigenvalue weighted by molar-refractivity contribution is 6.28. The Bertz CT molecular complexity index is 474. The van der Waals surface area contributed by atoms with Crippen LogP contribution in [0.1, 0.15) is 11.3 Å². The van der Waals surface area contributed by atoms with Crippen molar-refractivity contribution in [1.29, 1.82) is 0 Å². The Labute approximate surface area is 94.0 Å². The van der Waals surface area contributed by atoms with E-state index in [0.29, 0.717) is 5.28 Å². The third-order valence-electron chi connectivity index (χ3n) is 2.14. The first-order valence-electron chi connectivity index (χ1n) is 4.73. The van der Waals surface area contributed by atoms with Crippen molar-refractivity contribution in [2.24, 2.45) is 0 Å². The molecule has 0 radical (unpaired) electrons. The van der Waals surface area contributed by atoms with Gasteiger partial charge in [0.15, 0.2) is 0 Å². The Morgan fingerprint density at radius 1 is 1.07 bits per heavy atom. The molecule has 1 aromatic carbocycles. The van der Waals surface area contributed by atoms with Crippen LogP contribution in [0, 0.1) is 13.8 Å². The van der Waals surface area contributed by atoms with E-state index in [0.717, 1.165) is 17.0 Å².